The highest BCUT2D eigenvalue weighted by molar-refractivity contribution is 5.99. The van der Waals surface area contributed by atoms with Gasteiger partial charge < -0.3 is 10.1 Å². The van der Waals surface area contributed by atoms with Gasteiger partial charge in [-0.05, 0) is 18.6 Å². The van der Waals surface area contributed by atoms with E-state index in [0.29, 0.717) is 24.7 Å². The summed E-state index contributed by atoms with van der Waals surface area (Å²) in [5.74, 6) is 0.485. The van der Waals surface area contributed by atoms with E-state index in [1.165, 1.54) is 0 Å². The second kappa shape index (κ2) is 6.67. The Bertz CT molecular complexity index is 582. The Kier molecular flexibility index (Phi) is 4.67. The van der Waals surface area contributed by atoms with Gasteiger partial charge >= 0.3 is 6.03 Å². The third kappa shape index (κ3) is 4.06. The van der Waals surface area contributed by atoms with Crippen molar-refractivity contribution in [3.63, 3.8) is 0 Å². The van der Waals surface area contributed by atoms with Gasteiger partial charge in [-0.3, -0.25) is 15.0 Å². The van der Waals surface area contributed by atoms with Gasteiger partial charge in [0.2, 0.25) is 0 Å². The number of hydrogen-bond donors (Lipinski definition) is 2. The standard InChI is InChI=1S/C13H17N5O2/c1-10-7-11(9-14-8-10)15-13(19)16-12-3-4-18(17-12)5-6-20-2/h3-4,7-9H,5-6H2,1-2H3,(H2,15,16,17,19). The van der Waals surface area contributed by atoms with Crippen LogP contribution < -0.4 is 10.6 Å². The van der Waals surface area contributed by atoms with Crippen LogP contribution in [0.5, 0.6) is 0 Å². The zero-order valence-electron chi connectivity index (χ0n) is 11.5. The zero-order valence-corrected chi connectivity index (χ0v) is 11.5. The van der Waals surface area contributed by atoms with Gasteiger partial charge in [0.25, 0.3) is 0 Å². The molecule has 0 aliphatic rings. The van der Waals surface area contributed by atoms with Crippen LogP contribution in [0, 0.1) is 6.92 Å². The van der Waals surface area contributed by atoms with Crippen molar-refractivity contribution in [2.45, 2.75) is 13.5 Å². The number of carbonyl (C=O) groups is 1. The van der Waals surface area contributed by atoms with Crippen LogP contribution in [0.1, 0.15) is 5.56 Å². The largest absolute Gasteiger partial charge is 0.383 e. The molecule has 0 aromatic carbocycles. The third-order valence-corrected chi connectivity index (χ3v) is 2.54. The fraction of sp³-hybridized carbons (Fsp3) is 0.308. The smallest absolute Gasteiger partial charge is 0.324 e. The number of ether oxygens (including phenoxy) is 1. The Morgan fingerprint density at radius 3 is 3.00 bits per heavy atom. The Morgan fingerprint density at radius 2 is 2.25 bits per heavy atom. The fourth-order valence-corrected chi connectivity index (χ4v) is 1.64. The fourth-order valence-electron chi connectivity index (χ4n) is 1.64. The average Bonchev–Trinajstić information content (AvgIpc) is 2.83. The Balaban J connectivity index is 1.89. The molecule has 7 nitrogen and oxygen atoms in total. The lowest BCUT2D eigenvalue weighted by molar-refractivity contribution is 0.183. The molecule has 2 N–H and O–H groups in total. The van der Waals surface area contributed by atoms with Gasteiger partial charge in [-0.1, -0.05) is 0 Å². The molecule has 2 amide bonds. The number of pyridine rings is 1. The van der Waals surface area contributed by atoms with Crippen molar-refractivity contribution in [2.24, 2.45) is 0 Å². The quantitative estimate of drug-likeness (QED) is 0.873. The summed E-state index contributed by atoms with van der Waals surface area (Å²) in [4.78, 5) is 15.8. The number of methoxy groups -OCH3 is 1. The van der Waals surface area contributed by atoms with Crippen LogP contribution in [0.15, 0.2) is 30.7 Å². The highest BCUT2D eigenvalue weighted by Crippen LogP contribution is 2.08. The Hall–Kier alpha value is -2.41. The molecule has 0 aliphatic heterocycles. The van der Waals surface area contributed by atoms with Gasteiger partial charge in [0.1, 0.15) is 0 Å². The Morgan fingerprint density at radius 1 is 1.40 bits per heavy atom. The monoisotopic (exact) mass is 275 g/mol. The third-order valence-electron chi connectivity index (χ3n) is 2.54. The first-order valence-electron chi connectivity index (χ1n) is 6.19. The number of aromatic nitrogens is 3. The van der Waals surface area contributed by atoms with Crippen molar-refractivity contribution in [3.05, 3.63) is 36.3 Å². The first kappa shape index (κ1) is 14.0. The number of nitrogens with zero attached hydrogens (tertiary/aromatic N) is 3. The molecule has 0 aliphatic carbocycles. The molecule has 0 bridgehead atoms. The maximum atomic E-state index is 11.8. The summed E-state index contributed by atoms with van der Waals surface area (Å²) in [5.41, 5.74) is 1.62. The van der Waals surface area contributed by atoms with Crippen molar-refractivity contribution < 1.29 is 9.53 Å². The minimum absolute atomic E-state index is 0.352. The molecular weight excluding hydrogens is 258 g/mol. The molecule has 7 heteroatoms. The maximum Gasteiger partial charge on any atom is 0.324 e. The van der Waals surface area contributed by atoms with E-state index in [1.807, 2.05) is 13.0 Å². The number of urea groups is 1. The number of nitrogens with one attached hydrogen (secondary N) is 2. The van der Waals surface area contributed by atoms with Crippen LogP contribution in [-0.4, -0.2) is 34.5 Å². The topological polar surface area (TPSA) is 81.1 Å². The summed E-state index contributed by atoms with van der Waals surface area (Å²) < 4.78 is 6.66. The molecule has 0 fully saturated rings. The predicted octanol–water partition coefficient (Wildman–Crippen LogP) is 1.88. The summed E-state index contributed by atoms with van der Waals surface area (Å²) in [6, 6.07) is 3.21. The number of carbonyl (C=O) groups excluding carboxylic acids is 1. The van der Waals surface area contributed by atoms with Crippen molar-refractivity contribution >= 4 is 17.5 Å². The highest BCUT2D eigenvalue weighted by Gasteiger charge is 2.05. The lowest BCUT2D eigenvalue weighted by atomic mass is 10.3. The van der Waals surface area contributed by atoms with Crippen LogP contribution in [0.2, 0.25) is 0 Å². The lowest BCUT2D eigenvalue weighted by Crippen LogP contribution is -2.20. The molecule has 106 valence electrons. The van der Waals surface area contributed by atoms with Gasteiger partial charge in [-0.25, -0.2) is 4.79 Å². The van der Waals surface area contributed by atoms with Crippen LogP contribution in [0.25, 0.3) is 0 Å². The van der Waals surface area contributed by atoms with Gasteiger partial charge in [0.15, 0.2) is 5.82 Å². The van der Waals surface area contributed by atoms with E-state index in [9.17, 15) is 4.79 Å². The van der Waals surface area contributed by atoms with Crippen molar-refractivity contribution in [2.75, 3.05) is 24.4 Å². The summed E-state index contributed by atoms with van der Waals surface area (Å²) in [7, 11) is 1.63. The van der Waals surface area contributed by atoms with Crippen molar-refractivity contribution in [1.82, 2.24) is 14.8 Å². The van der Waals surface area contributed by atoms with Gasteiger partial charge in [-0.15, -0.1) is 0 Å². The van der Waals surface area contributed by atoms with Gasteiger partial charge in [0, 0.05) is 25.6 Å². The van der Waals surface area contributed by atoms with Crippen molar-refractivity contribution in [1.29, 1.82) is 0 Å². The summed E-state index contributed by atoms with van der Waals surface area (Å²) >= 11 is 0. The molecule has 0 saturated heterocycles. The van der Waals surface area contributed by atoms with E-state index < -0.39 is 0 Å². The van der Waals surface area contributed by atoms with Gasteiger partial charge in [0.05, 0.1) is 25.0 Å². The molecule has 2 heterocycles. The molecule has 0 atom stereocenters. The normalized spacial score (nSPS) is 10.3. The number of anilines is 2. The average molecular weight is 275 g/mol. The Labute approximate surface area is 117 Å². The number of hydrogen-bond acceptors (Lipinski definition) is 4. The van der Waals surface area contributed by atoms with E-state index in [1.54, 1.807) is 36.4 Å². The molecule has 2 aromatic rings. The molecular formula is C13H17N5O2. The van der Waals surface area contributed by atoms with Crippen LogP contribution in [0.3, 0.4) is 0 Å². The molecule has 0 spiro atoms. The minimum atomic E-state index is -0.352. The number of amides is 2. The summed E-state index contributed by atoms with van der Waals surface area (Å²) in [5, 5.41) is 9.55. The maximum absolute atomic E-state index is 11.8. The van der Waals surface area contributed by atoms with Gasteiger partial charge in [-0.2, -0.15) is 5.10 Å². The van der Waals surface area contributed by atoms with E-state index >= 15 is 0 Å². The minimum Gasteiger partial charge on any atom is -0.383 e. The van der Waals surface area contributed by atoms with Crippen LogP contribution in [0.4, 0.5) is 16.3 Å². The highest BCUT2D eigenvalue weighted by atomic mass is 16.5. The first-order chi connectivity index (χ1) is 9.67. The molecule has 0 radical (unpaired) electrons. The SMILES string of the molecule is COCCn1ccc(NC(=O)Nc2cncc(C)c2)n1. The second-order valence-corrected chi connectivity index (χ2v) is 4.29. The number of rotatable bonds is 5. The van der Waals surface area contributed by atoms with Crippen LogP contribution in [-0.2, 0) is 11.3 Å². The number of aryl methyl sites for hydroxylation is 1. The van der Waals surface area contributed by atoms with Crippen LogP contribution >= 0.6 is 0 Å². The predicted molar refractivity (Wildman–Crippen MR) is 75.7 cm³/mol. The summed E-state index contributed by atoms with van der Waals surface area (Å²) in [6.07, 6.45) is 5.09. The zero-order chi connectivity index (χ0) is 14.4. The molecule has 0 saturated carbocycles. The van der Waals surface area contributed by atoms with E-state index in [-0.39, 0.29) is 6.03 Å². The van der Waals surface area contributed by atoms with E-state index in [4.69, 9.17) is 4.74 Å². The van der Waals surface area contributed by atoms with Crippen molar-refractivity contribution in [3.8, 4) is 0 Å². The lowest BCUT2D eigenvalue weighted by Gasteiger charge is -2.05. The second-order valence-electron chi connectivity index (χ2n) is 4.29. The first-order valence-corrected chi connectivity index (χ1v) is 6.19. The molecule has 20 heavy (non-hydrogen) atoms. The molecule has 2 rings (SSSR count). The van der Waals surface area contributed by atoms with E-state index in [2.05, 4.69) is 20.7 Å². The van der Waals surface area contributed by atoms with E-state index in [0.717, 1.165) is 5.56 Å². The summed E-state index contributed by atoms with van der Waals surface area (Å²) in [6.45, 7) is 3.12. The molecule has 0 unspecified atom stereocenters. The molecule has 2 aromatic heterocycles.